The Balaban J connectivity index is 1.53. The molecule has 28 heavy (non-hydrogen) atoms. The standard InChI is InChI=1S/C20H23N3O5/c1-26-16-7-2-3-8-17(16)28-13-19(24)22-14-5-4-6-15(11-14)23-20(25)18-12-21-9-10-27-18/h2-8,11,18,21H,9-10,12-13H2,1H3,(H,22,24)(H,23,25). The van der Waals surface area contributed by atoms with Crippen LogP contribution in [0, 0.1) is 0 Å². The van der Waals surface area contributed by atoms with Gasteiger partial charge < -0.3 is 30.2 Å². The molecular weight excluding hydrogens is 362 g/mol. The topological polar surface area (TPSA) is 97.9 Å². The summed E-state index contributed by atoms with van der Waals surface area (Å²) < 4.78 is 16.1. The number of amides is 2. The summed E-state index contributed by atoms with van der Waals surface area (Å²) >= 11 is 0. The highest BCUT2D eigenvalue weighted by molar-refractivity contribution is 5.96. The first-order chi connectivity index (χ1) is 13.7. The molecule has 3 rings (SSSR count). The normalized spacial score (nSPS) is 16.1. The van der Waals surface area contributed by atoms with Gasteiger partial charge in [0.1, 0.15) is 6.10 Å². The summed E-state index contributed by atoms with van der Waals surface area (Å²) in [6, 6.07) is 14.0. The molecular formula is C20H23N3O5. The number of rotatable bonds is 7. The van der Waals surface area contributed by atoms with Gasteiger partial charge in [-0.3, -0.25) is 9.59 Å². The zero-order chi connectivity index (χ0) is 19.8. The molecule has 0 aromatic heterocycles. The lowest BCUT2D eigenvalue weighted by Gasteiger charge is -2.22. The summed E-state index contributed by atoms with van der Waals surface area (Å²) in [5.74, 6) is 0.492. The lowest BCUT2D eigenvalue weighted by Crippen LogP contribution is -2.45. The Morgan fingerprint density at radius 2 is 1.86 bits per heavy atom. The van der Waals surface area contributed by atoms with Crippen molar-refractivity contribution in [1.82, 2.24) is 5.32 Å². The van der Waals surface area contributed by atoms with Crippen LogP contribution >= 0.6 is 0 Å². The predicted octanol–water partition coefficient (Wildman–Crippen LogP) is 1.64. The SMILES string of the molecule is COc1ccccc1OCC(=O)Nc1cccc(NC(=O)C2CNCCO2)c1. The van der Waals surface area contributed by atoms with Crippen molar-refractivity contribution in [2.24, 2.45) is 0 Å². The minimum absolute atomic E-state index is 0.168. The first kappa shape index (κ1) is 19.7. The monoisotopic (exact) mass is 385 g/mol. The molecule has 1 aliphatic rings. The van der Waals surface area contributed by atoms with Crippen molar-refractivity contribution in [2.75, 3.05) is 44.0 Å². The molecule has 1 aliphatic heterocycles. The lowest BCUT2D eigenvalue weighted by atomic mass is 10.2. The van der Waals surface area contributed by atoms with Gasteiger partial charge >= 0.3 is 0 Å². The summed E-state index contributed by atoms with van der Waals surface area (Å²) in [7, 11) is 1.54. The third-order valence-corrected chi connectivity index (χ3v) is 4.06. The van der Waals surface area contributed by atoms with Crippen molar-refractivity contribution in [3.05, 3.63) is 48.5 Å². The van der Waals surface area contributed by atoms with Gasteiger partial charge in [-0.15, -0.1) is 0 Å². The number of nitrogens with one attached hydrogen (secondary N) is 3. The quantitative estimate of drug-likeness (QED) is 0.670. The molecule has 1 saturated heterocycles. The summed E-state index contributed by atoms with van der Waals surface area (Å²) in [5, 5.41) is 8.65. The minimum atomic E-state index is -0.527. The maximum absolute atomic E-state index is 12.2. The molecule has 8 heteroatoms. The van der Waals surface area contributed by atoms with Crippen molar-refractivity contribution in [2.45, 2.75) is 6.10 Å². The van der Waals surface area contributed by atoms with Gasteiger partial charge in [0.15, 0.2) is 18.1 Å². The second-order valence-corrected chi connectivity index (χ2v) is 6.12. The van der Waals surface area contributed by atoms with Crippen LogP contribution in [-0.4, -0.2) is 51.3 Å². The maximum atomic E-state index is 12.2. The van der Waals surface area contributed by atoms with Crippen molar-refractivity contribution < 1.29 is 23.8 Å². The molecule has 0 spiro atoms. The fraction of sp³-hybridized carbons (Fsp3) is 0.300. The smallest absolute Gasteiger partial charge is 0.262 e. The molecule has 1 unspecified atom stereocenters. The number of carbonyl (C=O) groups excluding carboxylic acids is 2. The third kappa shape index (κ3) is 5.45. The number of morpholine rings is 1. The number of para-hydroxylation sites is 2. The zero-order valence-electron chi connectivity index (χ0n) is 15.6. The second kappa shape index (κ2) is 9.72. The predicted molar refractivity (Wildman–Crippen MR) is 105 cm³/mol. The van der Waals surface area contributed by atoms with Crippen LogP contribution in [0.5, 0.6) is 11.5 Å². The Labute approximate surface area is 163 Å². The van der Waals surface area contributed by atoms with Gasteiger partial charge in [-0.1, -0.05) is 18.2 Å². The molecule has 1 fully saturated rings. The van der Waals surface area contributed by atoms with Gasteiger partial charge in [-0.25, -0.2) is 0 Å². The molecule has 0 saturated carbocycles. The van der Waals surface area contributed by atoms with Crippen LogP contribution < -0.4 is 25.4 Å². The van der Waals surface area contributed by atoms with Crippen molar-refractivity contribution in [1.29, 1.82) is 0 Å². The second-order valence-electron chi connectivity index (χ2n) is 6.12. The minimum Gasteiger partial charge on any atom is -0.493 e. The number of anilines is 2. The molecule has 3 N–H and O–H groups in total. The van der Waals surface area contributed by atoms with E-state index in [0.717, 1.165) is 6.54 Å². The van der Waals surface area contributed by atoms with E-state index in [0.29, 0.717) is 36.0 Å². The molecule has 2 aromatic carbocycles. The van der Waals surface area contributed by atoms with Crippen molar-refractivity contribution in [3.63, 3.8) is 0 Å². The van der Waals surface area contributed by atoms with Crippen LogP contribution in [-0.2, 0) is 14.3 Å². The molecule has 0 radical (unpaired) electrons. The van der Waals surface area contributed by atoms with E-state index in [4.69, 9.17) is 14.2 Å². The first-order valence-electron chi connectivity index (χ1n) is 8.94. The Kier molecular flexibility index (Phi) is 6.83. The molecule has 2 amide bonds. The van der Waals surface area contributed by atoms with E-state index < -0.39 is 6.10 Å². The lowest BCUT2D eigenvalue weighted by molar-refractivity contribution is -0.128. The van der Waals surface area contributed by atoms with Gasteiger partial charge in [0, 0.05) is 24.5 Å². The van der Waals surface area contributed by atoms with Gasteiger partial charge in [-0.05, 0) is 30.3 Å². The molecule has 0 bridgehead atoms. The van der Waals surface area contributed by atoms with Gasteiger partial charge in [0.25, 0.3) is 11.8 Å². The molecule has 8 nitrogen and oxygen atoms in total. The summed E-state index contributed by atoms with van der Waals surface area (Å²) in [6.45, 7) is 1.55. The van der Waals surface area contributed by atoms with Crippen LogP contribution in [0.4, 0.5) is 11.4 Å². The fourth-order valence-corrected chi connectivity index (χ4v) is 2.71. The average molecular weight is 385 g/mol. The summed E-state index contributed by atoms with van der Waals surface area (Å²) in [5.41, 5.74) is 1.12. The first-order valence-corrected chi connectivity index (χ1v) is 8.94. The van der Waals surface area contributed by atoms with Crippen LogP contribution in [0.2, 0.25) is 0 Å². The highest BCUT2D eigenvalue weighted by Gasteiger charge is 2.21. The van der Waals surface area contributed by atoms with E-state index >= 15 is 0 Å². The Morgan fingerprint density at radius 3 is 2.57 bits per heavy atom. The average Bonchev–Trinajstić information content (AvgIpc) is 2.73. The van der Waals surface area contributed by atoms with Crippen molar-refractivity contribution >= 4 is 23.2 Å². The highest BCUT2D eigenvalue weighted by atomic mass is 16.5. The number of ether oxygens (including phenoxy) is 3. The van der Waals surface area contributed by atoms with E-state index in [9.17, 15) is 9.59 Å². The summed E-state index contributed by atoms with van der Waals surface area (Å²) in [6.07, 6.45) is -0.527. The van der Waals surface area contributed by atoms with E-state index in [1.54, 1.807) is 42.5 Å². The van der Waals surface area contributed by atoms with Crippen LogP contribution in [0.3, 0.4) is 0 Å². The number of methoxy groups -OCH3 is 1. The Morgan fingerprint density at radius 1 is 1.11 bits per heavy atom. The van der Waals surface area contributed by atoms with Crippen LogP contribution in [0.1, 0.15) is 0 Å². The van der Waals surface area contributed by atoms with Crippen molar-refractivity contribution in [3.8, 4) is 11.5 Å². The van der Waals surface area contributed by atoms with Gasteiger partial charge in [-0.2, -0.15) is 0 Å². The van der Waals surface area contributed by atoms with E-state index in [2.05, 4.69) is 16.0 Å². The van der Waals surface area contributed by atoms with E-state index in [1.807, 2.05) is 6.07 Å². The van der Waals surface area contributed by atoms with Crippen LogP contribution in [0.15, 0.2) is 48.5 Å². The molecule has 2 aromatic rings. The van der Waals surface area contributed by atoms with E-state index in [-0.39, 0.29) is 18.4 Å². The molecule has 1 heterocycles. The number of hydrogen-bond acceptors (Lipinski definition) is 6. The molecule has 148 valence electrons. The molecule has 0 aliphatic carbocycles. The third-order valence-electron chi connectivity index (χ3n) is 4.06. The van der Waals surface area contributed by atoms with E-state index in [1.165, 1.54) is 7.11 Å². The zero-order valence-corrected chi connectivity index (χ0v) is 15.6. The van der Waals surface area contributed by atoms with Gasteiger partial charge in [0.2, 0.25) is 0 Å². The largest absolute Gasteiger partial charge is 0.493 e. The highest BCUT2D eigenvalue weighted by Crippen LogP contribution is 2.25. The summed E-state index contributed by atoms with van der Waals surface area (Å²) in [4.78, 5) is 24.4. The van der Waals surface area contributed by atoms with Gasteiger partial charge in [0.05, 0.1) is 13.7 Å². The Bertz CT molecular complexity index is 821. The maximum Gasteiger partial charge on any atom is 0.262 e. The molecule has 1 atom stereocenters. The fourth-order valence-electron chi connectivity index (χ4n) is 2.71. The number of carbonyl (C=O) groups is 2. The number of benzene rings is 2. The Hall–Kier alpha value is -3.10. The number of hydrogen-bond donors (Lipinski definition) is 3. The van der Waals surface area contributed by atoms with Crippen LogP contribution in [0.25, 0.3) is 0 Å².